The van der Waals surface area contributed by atoms with Crippen molar-refractivity contribution in [1.82, 2.24) is 9.80 Å². The third-order valence-corrected chi connectivity index (χ3v) is 5.07. The number of hydrogen-bond acceptors (Lipinski definition) is 5. The van der Waals surface area contributed by atoms with Gasteiger partial charge in [0.1, 0.15) is 6.54 Å². The van der Waals surface area contributed by atoms with E-state index in [9.17, 15) is 9.59 Å². The largest absolute Gasteiger partial charge is 0.378 e. The Hall–Kier alpha value is -2.12. The lowest BCUT2D eigenvalue weighted by atomic mass is 10.2. The number of ether oxygens (including phenoxy) is 1. The van der Waals surface area contributed by atoms with E-state index in [4.69, 9.17) is 4.74 Å². The highest BCUT2D eigenvalue weighted by Crippen LogP contribution is 2.22. The molecule has 1 aromatic carbocycles. The Morgan fingerprint density at radius 2 is 1.62 bits per heavy atom. The molecule has 2 fully saturated rings. The van der Waals surface area contributed by atoms with Gasteiger partial charge in [-0.05, 0) is 31.3 Å². The van der Waals surface area contributed by atoms with Crippen molar-refractivity contribution >= 4 is 23.2 Å². The van der Waals surface area contributed by atoms with Gasteiger partial charge in [-0.1, -0.05) is 0 Å². The summed E-state index contributed by atoms with van der Waals surface area (Å²) in [5.74, 6) is -0.161. The number of carbonyl (C=O) groups excluding carboxylic acids is 2. The van der Waals surface area contributed by atoms with Crippen LogP contribution < -0.4 is 9.80 Å². The summed E-state index contributed by atoms with van der Waals surface area (Å²) in [6.07, 6.45) is 0. The summed E-state index contributed by atoms with van der Waals surface area (Å²) in [7, 11) is 2.14. The zero-order chi connectivity index (χ0) is 18.5. The van der Waals surface area contributed by atoms with Gasteiger partial charge in [-0.2, -0.15) is 0 Å². The molecule has 7 heteroatoms. The lowest BCUT2D eigenvalue weighted by Crippen LogP contribution is -2.47. The van der Waals surface area contributed by atoms with Gasteiger partial charge in [0.2, 0.25) is 11.8 Å². The number of anilines is 2. The minimum absolute atomic E-state index is 0.0355. The minimum atomic E-state index is -0.126. The number of carbonyl (C=O) groups is 2. The molecule has 7 nitrogen and oxygen atoms in total. The average Bonchev–Trinajstić information content (AvgIpc) is 2.67. The van der Waals surface area contributed by atoms with Gasteiger partial charge in [-0.3, -0.25) is 9.59 Å². The van der Waals surface area contributed by atoms with E-state index in [2.05, 4.69) is 16.8 Å². The molecular formula is C19H28N4O3. The fourth-order valence-electron chi connectivity index (χ4n) is 3.34. The predicted molar refractivity (Wildman–Crippen MR) is 102 cm³/mol. The first-order valence-corrected chi connectivity index (χ1v) is 9.22. The molecule has 0 aliphatic carbocycles. The van der Waals surface area contributed by atoms with Crippen LogP contribution in [-0.2, 0) is 14.3 Å². The van der Waals surface area contributed by atoms with Crippen LogP contribution in [0.1, 0.15) is 6.92 Å². The third kappa shape index (κ3) is 4.53. The SMILES string of the molecule is CC(=O)N(CC(=O)N1CCOCC1)c1ccc(N2CCN(C)CC2)cc1. The fourth-order valence-corrected chi connectivity index (χ4v) is 3.34. The molecular weight excluding hydrogens is 332 g/mol. The number of piperazine rings is 1. The summed E-state index contributed by atoms with van der Waals surface area (Å²) < 4.78 is 5.28. The summed E-state index contributed by atoms with van der Waals surface area (Å²) in [6, 6.07) is 7.94. The average molecular weight is 360 g/mol. The normalized spacial score (nSPS) is 18.7. The summed E-state index contributed by atoms with van der Waals surface area (Å²) in [5.41, 5.74) is 1.92. The van der Waals surface area contributed by atoms with E-state index in [0.29, 0.717) is 26.3 Å². The maximum absolute atomic E-state index is 12.5. The molecule has 0 saturated carbocycles. The Morgan fingerprint density at radius 3 is 2.19 bits per heavy atom. The van der Waals surface area contributed by atoms with Crippen LogP contribution in [0.5, 0.6) is 0 Å². The maximum Gasteiger partial charge on any atom is 0.242 e. The second-order valence-corrected chi connectivity index (χ2v) is 6.91. The molecule has 3 rings (SSSR count). The van der Waals surface area contributed by atoms with Crippen LogP contribution >= 0.6 is 0 Å². The Balaban J connectivity index is 1.66. The minimum Gasteiger partial charge on any atom is -0.378 e. The Kier molecular flexibility index (Phi) is 6.11. The van der Waals surface area contributed by atoms with Gasteiger partial charge in [-0.25, -0.2) is 0 Å². The molecule has 26 heavy (non-hydrogen) atoms. The van der Waals surface area contributed by atoms with Crippen LogP contribution in [0, 0.1) is 0 Å². The molecule has 2 aliphatic heterocycles. The lowest BCUT2D eigenvalue weighted by Gasteiger charge is -2.34. The van der Waals surface area contributed by atoms with Gasteiger partial charge in [-0.15, -0.1) is 0 Å². The van der Waals surface area contributed by atoms with Gasteiger partial charge < -0.3 is 24.3 Å². The first-order valence-electron chi connectivity index (χ1n) is 9.22. The number of likely N-dealkylation sites (N-methyl/N-ethyl adjacent to an activating group) is 1. The van der Waals surface area contributed by atoms with Crippen LogP contribution in [0.15, 0.2) is 24.3 Å². The Labute approximate surface area is 155 Å². The van der Waals surface area contributed by atoms with E-state index in [1.807, 2.05) is 24.3 Å². The van der Waals surface area contributed by atoms with Crippen molar-refractivity contribution in [2.75, 3.05) is 75.9 Å². The van der Waals surface area contributed by atoms with E-state index < -0.39 is 0 Å². The first kappa shape index (κ1) is 18.7. The van der Waals surface area contributed by atoms with Crippen LogP contribution in [0.3, 0.4) is 0 Å². The lowest BCUT2D eigenvalue weighted by molar-refractivity contribution is -0.134. The molecule has 2 aliphatic rings. The number of hydrogen-bond donors (Lipinski definition) is 0. The zero-order valence-corrected chi connectivity index (χ0v) is 15.7. The summed E-state index contributed by atoms with van der Waals surface area (Å²) >= 11 is 0. The predicted octanol–water partition coefficient (Wildman–Crippen LogP) is 0.650. The van der Waals surface area contributed by atoms with Gasteiger partial charge in [0.25, 0.3) is 0 Å². The van der Waals surface area contributed by atoms with Crippen molar-refractivity contribution in [3.8, 4) is 0 Å². The van der Waals surface area contributed by atoms with E-state index >= 15 is 0 Å². The van der Waals surface area contributed by atoms with Crippen molar-refractivity contribution in [2.24, 2.45) is 0 Å². The summed E-state index contributed by atoms with van der Waals surface area (Å²) in [5, 5.41) is 0. The van der Waals surface area contributed by atoms with Crippen LogP contribution in [-0.4, -0.2) is 87.7 Å². The molecule has 0 bridgehead atoms. The van der Waals surface area contributed by atoms with Crippen LogP contribution in [0.4, 0.5) is 11.4 Å². The monoisotopic (exact) mass is 360 g/mol. The standard InChI is InChI=1S/C19H28N4O3/c1-16(24)23(15-19(25)22-11-13-26-14-12-22)18-5-3-17(4-6-18)21-9-7-20(2)8-10-21/h3-6H,7-15H2,1-2H3. The molecule has 0 radical (unpaired) electrons. The molecule has 1 aromatic rings. The maximum atomic E-state index is 12.5. The van der Waals surface area contributed by atoms with E-state index in [0.717, 1.165) is 37.6 Å². The molecule has 0 unspecified atom stereocenters. The topological polar surface area (TPSA) is 56.3 Å². The van der Waals surface area contributed by atoms with Crippen LogP contribution in [0.2, 0.25) is 0 Å². The molecule has 0 spiro atoms. The highest BCUT2D eigenvalue weighted by Gasteiger charge is 2.22. The highest BCUT2D eigenvalue weighted by molar-refractivity contribution is 5.97. The van der Waals surface area contributed by atoms with E-state index in [1.165, 1.54) is 6.92 Å². The van der Waals surface area contributed by atoms with Gasteiger partial charge in [0.05, 0.1) is 13.2 Å². The van der Waals surface area contributed by atoms with Crippen molar-refractivity contribution in [3.05, 3.63) is 24.3 Å². The fraction of sp³-hybridized carbons (Fsp3) is 0.579. The van der Waals surface area contributed by atoms with Crippen molar-refractivity contribution in [3.63, 3.8) is 0 Å². The van der Waals surface area contributed by atoms with E-state index in [1.54, 1.807) is 9.80 Å². The summed E-state index contributed by atoms with van der Waals surface area (Å²) in [4.78, 5) is 32.6. The molecule has 2 saturated heterocycles. The number of morpholine rings is 1. The van der Waals surface area contributed by atoms with Gasteiger partial charge in [0.15, 0.2) is 0 Å². The van der Waals surface area contributed by atoms with Crippen molar-refractivity contribution in [1.29, 1.82) is 0 Å². The van der Waals surface area contributed by atoms with E-state index in [-0.39, 0.29) is 18.4 Å². The molecule has 0 atom stereocenters. The van der Waals surface area contributed by atoms with Crippen LogP contribution in [0.25, 0.3) is 0 Å². The second kappa shape index (κ2) is 8.51. The number of amides is 2. The molecule has 2 heterocycles. The smallest absolute Gasteiger partial charge is 0.242 e. The molecule has 142 valence electrons. The number of nitrogens with zero attached hydrogens (tertiary/aromatic N) is 4. The highest BCUT2D eigenvalue weighted by atomic mass is 16.5. The summed E-state index contributed by atoms with van der Waals surface area (Å²) in [6.45, 7) is 7.98. The molecule has 2 amide bonds. The number of rotatable bonds is 4. The van der Waals surface area contributed by atoms with Crippen molar-refractivity contribution in [2.45, 2.75) is 6.92 Å². The first-order chi connectivity index (χ1) is 12.5. The molecule has 0 N–H and O–H groups in total. The number of benzene rings is 1. The second-order valence-electron chi connectivity index (χ2n) is 6.91. The zero-order valence-electron chi connectivity index (χ0n) is 15.7. The molecule has 0 aromatic heterocycles. The Morgan fingerprint density at radius 1 is 1.00 bits per heavy atom. The van der Waals surface area contributed by atoms with Gasteiger partial charge in [0, 0.05) is 57.6 Å². The van der Waals surface area contributed by atoms with Crippen molar-refractivity contribution < 1.29 is 14.3 Å². The Bertz CT molecular complexity index is 620. The third-order valence-electron chi connectivity index (χ3n) is 5.07. The quantitative estimate of drug-likeness (QED) is 0.789. The van der Waals surface area contributed by atoms with Gasteiger partial charge >= 0.3 is 0 Å².